The van der Waals surface area contributed by atoms with E-state index in [1.54, 1.807) is 55.8 Å². The van der Waals surface area contributed by atoms with Gasteiger partial charge in [-0.25, -0.2) is 4.98 Å². The molecule has 0 bridgehead atoms. The zero-order valence-electron chi connectivity index (χ0n) is 14.3. The number of carbonyl (C=O) groups is 1. The average Bonchev–Trinajstić information content (AvgIpc) is 3.12. The monoisotopic (exact) mass is 379 g/mol. The third-order valence-electron chi connectivity index (χ3n) is 3.97. The van der Waals surface area contributed by atoms with Gasteiger partial charge in [0.1, 0.15) is 11.3 Å². The Balaban J connectivity index is 1.62. The van der Waals surface area contributed by atoms with Gasteiger partial charge in [0, 0.05) is 23.6 Å². The van der Waals surface area contributed by atoms with Gasteiger partial charge in [0.05, 0.1) is 17.7 Å². The number of halogens is 1. The van der Waals surface area contributed by atoms with E-state index < -0.39 is 0 Å². The summed E-state index contributed by atoms with van der Waals surface area (Å²) in [7, 11) is 1.56. The average molecular weight is 380 g/mol. The quantitative estimate of drug-likeness (QED) is 0.551. The van der Waals surface area contributed by atoms with Crippen LogP contribution in [0.1, 0.15) is 10.4 Å². The molecule has 0 aliphatic rings. The first-order chi connectivity index (χ1) is 13.1. The van der Waals surface area contributed by atoms with Crippen LogP contribution in [0.5, 0.6) is 5.75 Å². The van der Waals surface area contributed by atoms with Crippen molar-refractivity contribution in [3.05, 3.63) is 71.5 Å². The zero-order chi connectivity index (χ0) is 18.8. The number of methoxy groups -OCH3 is 1. The molecular formula is C20H14ClN3O3. The fraction of sp³-hybridized carbons (Fsp3) is 0.0500. The number of rotatable bonds is 4. The van der Waals surface area contributed by atoms with E-state index in [1.807, 2.05) is 6.07 Å². The summed E-state index contributed by atoms with van der Waals surface area (Å²) in [5, 5.41) is 3.30. The Kier molecular flexibility index (Phi) is 4.48. The smallest absolute Gasteiger partial charge is 0.257 e. The number of amides is 1. The first-order valence-corrected chi connectivity index (χ1v) is 8.48. The maximum Gasteiger partial charge on any atom is 0.257 e. The van der Waals surface area contributed by atoms with Crippen LogP contribution >= 0.6 is 11.6 Å². The molecule has 6 nitrogen and oxygen atoms in total. The predicted molar refractivity (Wildman–Crippen MR) is 103 cm³/mol. The van der Waals surface area contributed by atoms with Gasteiger partial charge < -0.3 is 14.5 Å². The Hall–Kier alpha value is -3.38. The third-order valence-corrected chi connectivity index (χ3v) is 4.26. The van der Waals surface area contributed by atoms with Crippen molar-refractivity contribution in [3.63, 3.8) is 0 Å². The molecule has 7 heteroatoms. The molecule has 0 unspecified atom stereocenters. The van der Waals surface area contributed by atoms with Gasteiger partial charge in [0.25, 0.3) is 5.91 Å². The number of nitrogens with one attached hydrogen (secondary N) is 1. The van der Waals surface area contributed by atoms with Gasteiger partial charge in [-0.1, -0.05) is 11.6 Å². The molecule has 0 radical (unpaired) electrons. The molecule has 4 aromatic rings. The number of anilines is 1. The summed E-state index contributed by atoms with van der Waals surface area (Å²) < 4.78 is 11.0. The van der Waals surface area contributed by atoms with E-state index in [-0.39, 0.29) is 5.91 Å². The van der Waals surface area contributed by atoms with Crippen LogP contribution in [0, 0.1) is 0 Å². The summed E-state index contributed by atoms with van der Waals surface area (Å²) in [6, 6.07) is 14.0. The Morgan fingerprint density at radius 2 is 2.07 bits per heavy atom. The largest absolute Gasteiger partial charge is 0.495 e. The highest BCUT2D eigenvalue weighted by atomic mass is 35.5. The van der Waals surface area contributed by atoms with Crippen LogP contribution in [0.3, 0.4) is 0 Å². The van der Waals surface area contributed by atoms with Crippen LogP contribution < -0.4 is 10.1 Å². The highest BCUT2D eigenvalue weighted by Crippen LogP contribution is 2.32. The van der Waals surface area contributed by atoms with Gasteiger partial charge in [-0.2, -0.15) is 0 Å². The first kappa shape index (κ1) is 17.1. The van der Waals surface area contributed by atoms with Gasteiger partial charge >= 0.3 is 0 Å². The number of pyridine rings is 1. The minimum atomic E-state index is -0.242. The normalized spacial score (nSPS) is 10.7. The highest BCUT2D eigenvalue weighted by molar-refractivity contribution is 6.32. The van der Waals surface area contributed by atoms with Crippen LogP contribution in [-0.4, -0.2) is 23.0 Å². The minimum absolute atomic E-state index is 0.242. The van der Waals surface area contributed by atoms with Crippen LogP contribution in [0.15, 0.2) is 65.3 Å². The van der Waals surface area contributed by atoms with E-state index >= 15 is 0 Å². The molecule has 1 N–H and O–H groups in total. The summed E-state index contributed by atoms with van der Waals surface area (Å²) in [6.07, 6.45) is 3.13. The molecule has 27 heavy (non-hydrogen) atoms. The third kappa shape index (κ3) is 3.47. The fourth-order valence-corrected chi connectivity index (χ4v) is 2.89. The SMILES string of the molecule is COc1ccc(-c2nc3cc(NC(=O)c4cccnc4)ccc3o2)cc1Cl. The van der Waals surface area contributed by atoms with Gasteiger partial charge in [-0.3, -0.25) is 9.78 Å². The molecule has 0 aliphatic heterocycles. The number of fused-ring (bicyclic) bond motifs is 1. The summed E-state index contributed by atoms with van der Waals surface area (Å²) in [6.45, 7) is 0. The topological polar surface area (TPSA) is 77.2 Å². The lowest BCUT2D eigenvalue weighted by molar-refractivity contribution is 0.102. The molecule has 0 atom stereocenters. The maximum absolute atomic E-state index is 12.3. The van der Waals surface area contributed by atoms with Gasteiger partial charge in [-0.15, -0.1) is 0 Å². The summed E-state index contributed by atoms with van der Waals surface area (Å²) in [5.41, 5.74) is 3.06. The van der Waals surface area contributed by atoms with Crippen LogP contribution in [0.4, 0.5) is 5.69 Å². The summed E-state index contributed by atoms with van der Waals surface area (Å²) >= 11 is 6.17. The molecule has 1 amide bonds. The van der Waals surface area contributed by atoms with E-state index in [0.717, 1.165) is 5.56 Å². The Morgan fingerprint density at radius 1 is 1.19 bits per heavy atom. The van der Waals surface area contributed by atoms with Crippen molar-refractivity contribution >= 4 is 34.3 Å². The van der Waals surface area contributed by atoms with Crippen LogP contribution in [0.25, 0.3) is 22.6 Å². The lowest BCUT2D eigenvalue weighted by atomic mass is 10.2. The van der Waals surface area contributed by atoms with Crippen molar-refractivity contribution in [2.24, 2.45) is 0 Å². The lowest BCUT2D eigenvalue weighted by Gasteiger charge is -2.04. The second kappa shape index (κ2) is 7.09. The Labute approximate surface area is 159 Å². The molecule has 0 saturated carbocycles. The minimum Gasteiger partial charge on any atom is -0.495 e. The number of nitrogens with zero attached hydrogens (tertiary/aromatic N) is 2. The van der Waals surface area contributed by atoms with Crippen molar-refractivity contribution in [1.82, 2.24) is 9.97 Å². The van der Waals surface area contributed by atoms with Gasteiger partial charge in [0.2, 0.25) is 5.89 Å². The van der Waals surface area contributed by atoms with Gasteiger partial charge in [-0.05, 0) is 48.5 Å². The highest BCUT2D eigenvalue weighted by Gasteiger charge is 2.12. The molecule has 2 heterocycles. The second-order valence-corrected chi connectivity index (χ2v) is 6.15. The number of carbonyl (C=O) groups excluding carboxylic acids is 1. The molecule has 0 aliphatic carbocycles. The summed E-state index contributed by atoms with van der Waals surface area (Å²) in [4.78, 5) is 20.7. The maximum atomic E-state index is 12.3. The molecule has 2 aromatic heterocycles. The van der Waals surface area contributed by atoms with E-state index in [2.05, 4.69) is 15.3 Å². The van der Waals surface area contributed by atoms with Crippen molar-refractivity contribution in [3.8, 4) is 17.2 Å². The van der Waals surface area contributed by atoms with Crippen LogP contribution in [-0.2, 0) is 0 Å². The fourth-order valence-electron chi connectivity index (χ4n) is 2.63. The predicted octanol–water partition coefficient (Wildman–Crippen LogP) is 4.80. The van der Waals surface area contributed by atoms with E-state index in [9.17, 15) is 4.79 Å². The standard InChI is InChI=1S/C20H14ClN3O3/c1-26-17-6-4-12(9-15(17)21)20-24-16-10-14(5-7-18(16)27-20)23-19(25)13-3-2-8-22-11-13/h2-11H,1H3,(H,23,25). The number of ether oxygens (including phenoxy) is 1. The van der Waals surface area contributed by atoms with Crippen molar-refractivity contribution < 1.29 is 13.9 Å². The van der Waals surface area contributed by atoms with Crippen molar-refractivity contribution in [2.45, 2.75) is 0 Å². The number of oxazole rings is 1. The van der Waals surface area contributed by atoms with Crippen molar-refractivity contribution in [2.75, 3.05) is 12.4 Å². The molecule has 134 valence electrons. The number of benzene rings is 2. The Bertz CT molecular complexity index is 1130. The second-order valence-electron chi connectivity index (χ2n) is 5.75. The molecule has 4 rings (SSSR count). The number of aromatic nitrogens is 2. The molecule has 0 saturated heterocycles. The first-order valence-electron chi connectivity index (χ1n) is 8.10. The van der Waals surface area contributed by atoms with Gasteiger partial charge in [0.15, 0.2) is 5.58 Å². The van der Waals surface area contributed by atoms with E-state index in [4.69, 9.17) is 20.8 Å². The molecule has 0 fully saturated rings. The lowest BCUT2D eigenvalue weighted by Crippen LogP contribution is -2.11. The number of hydrogen-bond acceptors (Lipinski definition) is 5. The zero-order valence-corrected chi connectivity index (χ0v) is 15.0. The van der Waals surface area contributed by atoms with Crippen LogP contribution in [0.2, 0.25) is 5.02 Å². The Morgan fingerprint density at radius 3 is 2.81 bits per heavy atom. The van der Waals surface area contributed by atoms with Crippen molar-refractivity contribution in [1.29, 1.82) is 0 Å². The van der Waals surface area contributed by atoms with E-state index in [0.29, 0.717) is 39.0 Å². The molecular weight excluding hydrogens is 366 g/mol. The number of hydrogen-bond donors (Lipinski definition) is 1. The molecule has 0 spiro atoms. The summed E-state index contributed by atoms with van der Waals surface area (Å²) in [5.74, 6) is 0.773. The molecule has 2 aromatic carbocycles. The van der Waals surface area contributed by atoms with E-state index in [1.165, 1.54) is 6.20 Å².